The average Bonchev–Trinajstić information content (AvgIpc) is 3.34. The summed E-state index contributed by atoms with van der Waals surface area (Å²) in [5, 5.41) is 23.2. The van der Waals surface area contributed by atoms with Crippen molar-refractivity contribution >= 4 is 11.9 Å². The van der Waals surface area contributed by atoms with Crippen molar-refractivity contribution in [2.75, 3.05) is 13.2 Å². The molecule has 6 heteroatoms. The molecule has 1 amide bonds. The summed E-state index contributed by atoms with van der Waals surface area (Å²) in [5.74, 6) is -0.0835. The van der Waals surface area contributed by atoms with Gasteiger partial charge in [-0.15, -0.1) is 0 Å². The van der Waals surface area contributed by atoms with Crippen LogP contribution in [-0.2, 0) is 14.3 Å². The Morgan fingerprint density at radius 2 is 0.706 bits per heavy atom. The highest BCUT2D eigenvalue weighted by Gasteiger charge is 2.18. The first-order valence-corrected chi connectivity index (χ1v) is 30.3. The molecule has 0 aromatic rings. The molecule has 0 heterocycles. The van der Waals surface area contributed by atoms with Crippen LogP contribution in [0.3, 0.4) is 0 Å². The molecule has 0 fully saturated rings. The van der Waals surface area contributed by atoms with Crippen molar-refractivity contribution in [1.82, 2.24) is 5.32 Å². The summed E-state index contributed by atoms with van der Waals surface area (Å²) in [6, 6.07) is -0.636. The molecule has 0 spiro atoms. The molecule has 400 valence electrons. The Hall–Kier alpha value is -1.92. The SMILES string of the molecule is CCCC/C=C\CCCCCCCC(=O)OCCCCCCCCCC/C=C\CCCCCCCCCC(=O)NC(CO)C(O)/C=C/CCCCCCCCCCCCCCCCCCCCC. The van der Waals surface area contributed by atoms with Gasteiger partial charge in [-0.25, -0.2) is 0 Å². The number of hydrogen-bond donors (Lipinski definition) is 3. The van der Waals surface area contributed by atoms with E-state index in [-0.39, 0.29) is 18.5 Å². The van der Waals surface area contributed by atoms with Crippen molar-refractivity contribution in [3.63, 3.8) is 0 Å². The minimum absolute atomic E-state index is 0.00792. The molecule has 6 nitrogen and oxygen atoms in total. The molecule has 68 heavy (non-hydrogen) atoms. The number of nitrogens with one attached hydrogen (secondary N) is 1. The van der Waals surface area contributed by atoms with Gasteiger partial charge in [-0.2, -0.15) is 0 Å². The number of ether oxygens (including phenoxy) is 1. The van der Waals surface area contributed by atoms with Gasteiger partial charge in [0.15, 0.2) is 0 Å². The van der Waals surface area contributed by atoms with Gasteiger partial charge < -0.3 is 20.3 Å². The molecule has 0 rings (SSSR count). The minimum atomic E-state index is -0.852. The summed E-state index contributed by atoms with van der Waals surface area (Å²) >= 11 is 0. The number of esters is 1. The Bertz CT molecular complexity index is 1100. The lowest BCUT2D eigenvalue weighted by Gasteiger charge is -2.20. The fraction of sp³-hybridized carbons (Fsp3) is 0.871. The average molecular weight is 957 g/mol. The number of aliphatic hydroxyl groups excluding tert-OH is 2. The highest BCUT2D eigenvalue weighted by Crippen LogP contribution is 2.17. The second-order valence-corrected chi connectivity index (χ2v) is 20.7. The number of carbonyl (C=O) groups excluding carboxylic acids is 2. The molecule has 0 bridgehead atoms. The molecule has 0 aromatic heterocycles. The van der Waals surface area contributed by atoms with E-state index >= 15 is 0 Å². The zero-order valence-corrected chi connectivity index (χ0v) is 45.6. The van der Waals surface area contributed by atoms with Crippen LogP contribution in [0.4, 0.5) is 0 Å². The second kappa shape index (κ2) is 57.7. The lowest BCUT2D eigenvalue weighted by molar-refractivity contribution is -0.143. The normalized spacial score (nSPS) is 12.8. The summed E-state index contributed by atoms with van der Waals surface area (Å²) < 4.78 is 5.45. The maximum atomic E-state index is 12.5. The number of carbonyl (C=O) groups is 2. The van der Waals surface area contributed by atoms with Crippen LogP contribution in [0.25, 0.3) is 0 Å². The fourth-order valence-corrected chi connectivity index (χ4v) is 9.20. The molecular weight excluding hydrogens is 839 g/mol. The van der Waals surface area contributed by atoms with Gasteiger partial charge in [0.25, 0.3) is 0 Å². The Morgan fingerprint density at radius 3 is 1.09 bits per heavy atom. The summed E-state index contributed by atoms with van der Waals surface area (Å²) in [6.45, 7) is 4.87. The molecule has 0 aliphatic carbocycles. The van der Waals surface area contributed by atoms with Crippen LogP contribution in [0.2, 0.25) is 0 Å². The lowest BCUT2D eigenvalue weighted by atomic mass is 10.0. The summed E-state index contributed by atoms with van der Waals surface area (Å²) in [6.07, 6.45) is 71.7. The quantitative estimate of drug-likeness (QED) is 0.0321. The van der Waals surface area contributed by atoms with Crippen LogP contribution in [0.5, 0.6) is 0 Å². The number of aliphatic hydroxyl groups is 2. The molecule has 2 atom stereocenters. The number of allylic oxidation sites excluding steroid dienone is 5. The van der Waals surface area contributed by atoms with E-state index in [9.17, 15) is 19.8 Å². The van der Waals surface area contributed by atoms with Crippen LogP contribution in [-0.4, -0.2) is 47.4 Å². The predicted molar refractivity (Wildman–Crippen MR) is 296 cm³/mol. The maximum Gasteiger partial charge on any atom is 0.305 e. The molecule has 3 N–H and O–H groups in total. The van der Waals surface area contributed by atoms with Crippen LogP contribution < -0.4 is 5.32 Å². The zero-order chi connectivity index (χ0) is 49.3. The molecule has 0 saturated carbocycles. The smallest absolute Gasteiger partial charge is 0.305 e. The van der Waals surface area contributed by atoms with Gasteiger partial charge in [-0.3, -0.25) is 9.59 Å². The van der Waals surface area contributed by atoms with Gasteiger partial charge in [-0.05, 0) is 77.0 Å². The first-order valence-electron chi connectivity index (χ1n) is 30.3. The van der Waals surface area contributed by atoms with Gasteiger partial charge in [-0.1, -0.05) is 269 Å². The summed E-state index contributed by atoms with van der Waals surface area (Å²) in [5.41, 5.74) is 0. The second-order valence-electron chi connectivity index (χ2n) is 20.7. The molecule has 0 aliphatic rings. The number of unbranched alkanes of at least 4 members (excludes halogenated alkanes) is 41. The van der Waals surface area contributed by atoms with Gasteiger partial charge in [0, 0.05) is 12.8 Å². The molecule has 0 aliphatic heterocycles. The standard InChI is InChI=1S/C62H117NO5/c1-3-5-7-9-11-13-15-16-17-18-19-20-22-25-28-31-35-38-42-46-50-54-60(65)59(58-64)63-61(66)55-51-47-43-39-36-32-29-26-23-21-24-27-30-33-37-41-45-49-53-57-68-62(67)56-52-48-44-40-34-14-12-10-8-6-4-2/h10,12,21,23,50,54,59-60,64-65H,3-9,11,13-20,22,24-49,51-53,55-58H2,1-2H3,(H,63,66)/b12-10-,23-21-,54-50+. The lowest BCUT2D eigenvalue weighted by Crippen LogP contribution is -2.45. The van der Waals surface area contributed by atoms with Gasteiger partial charge >= 0.3 is 5.97 Å². The van der Waals surface area contributed by atoms with Gasteiger partial charge in [0.05, 0.1) is 25.4 Å². The molecule has 2 unspecified atom stereocenters. The topological polar surface area (TPSA) is 95.9 Å². The Morgan fingerprint density at radius 1 is 0.397 bits per heavy atom. The molecule has 0 saturated heterocycles. The van der Waals surface area contributed by atoms with Crippen molar-refractivity contribution in [3.8, 4) is 0 Å². The predicted octanol–water partition coefficient (Wildman–Crippen LogP) is 18.8. The van der Waals surface area contributed by atoms with E-state index < -0.39 is 12.1 Å². The summed E-state index contributed by atoms with van der Waals surface area (Å²) in [7, 11) is 0. The fourth-order valence-electron chi connectivity index (χ4n) is 9.20. The van der Waals surface area contributed by atoms with E-state index in [0.717, 1.165) is 51.4 Å². The molecule has 0 aromatic carbocycles. The highest BCUT2D eigenvalue weighted by molar-refractivity contribution is 5.76. The third-order valence-corrected chi connectivity index (χ3v) is 13.9. The van der Waals surface area contributed by atoms with Gasteiger partial charge in [0.2, 0.25) is 5.91 Å². The third kappa shape index (κ3) is 53.4. The summed E-state index contributed by atoms with van der Waals surface area (Å²) in [4.78, 5) is 24.5. The van der Waals surface area contributed by atoms with Gasteiger partial charge in [0.1, 0.15) is 0 Å². The Labute approximate surface area is 424 Å². The molecular formula is C62H117NO5. The number of rotatable bonds is 56. The molecule has 0 radical (unpaired) electrons. The monoisotopic (exact) mass is 956 g/mol. The van der Waals surface area contributed by atoms with Crippen LogP contribution in [0.1, 0.15) is 322 Å². The number of amides is 1. The van der Waals surface area contributed by atoms with E-state index in [1.165, 1.54) is 244 Å². The van der Waals surface area contributed by atoms with Crippen molar-refractivity contribution in [3.05, 3.63) is 36.5 Å². The van der Waals surface area contributed by atoms with E-state index in [1.54, 1.807) is 6.08 Å². The zero-order valence-electron chi connectivity index (χ0n) is 45.6. The van der Waals surface area contributed by atoms with E-state index in [2.05, 4.69) is 43.5 Å². The van der Waals surface area contributed by atoms with Crippen molar-refractivity contribution in [2.45, 2.75) is 334 Å². The first kappa shape index (κ1) is 66.1. The van der Waals surface area contributed by atoms with Crippen LogP contribution >= 0.6 is 0 Å². The van der Waals surface area contributed by atoms with Crippen molar-refractivity contribution < 1.29 is 24.5 Å². The first-order chi connectivity index (χ1) is 33.5. The Kier molecular flexibility index (Phi) is 56.0. The number of hydrogen-bond acceptors (Lipinski definition) is 5. The van der Waals surface area contributed by atoms with E-state index in [4.69, 9.17) is 4.74 Å². The van der Waals surface area contributed by atoms with E-state index in [0.29, 0.717) is 19.4 Å². The maximum absolute atomic E-state index is 12.5. The van der Waals surface area contributed by atoms with E-state index in [1.807, 2.05) is 6.08 Å². The van der Waals surface area contributed by atoms with Crippen molar-refractivity contribution in [2.24, 2.45) is 0 Å². The van der Waals surface area contributed by atoms with Crippen LogP contribution in [0.15, 0.2) is 36.5 Å². The largest absolute Gasteiger partial charge is 0.466 e. The van der Waals surface area contributed by atoms with Crippen molar-refractivity contribution in [1.29, 1.82) is 0 Å². The highest BCUT2D eigenvalue weighted by atomic mass is 16.5. The Balaban J connectivity index is 3.49. The minimum Gasteiger partial charge on any atom is -0.466 e. The van der Waals surface area contributed by atoms with Crippen LogP contribution in [0, 0.1) is 0 Å². The third-order valence-electron chi connectivity index (χ3n) is 13.9.